The van der Waals surface area contributed by atoms with E-state index in [1.807, 2.05) is 37.3 Å². The number of nitrogens with two attached hydrogens (primary N) is 1. The number of aromatic nitrogens is 1. The molecule has 3 aromatic rings. The van der Waals surface area contributed by atoms with Crippen LogP contribution in [0.4, 0.5) is 5.69 Å². The first-order chi connectivity index (χ1) is 9.52. The maximum atomic E-state index is 6.07. The van der Waals surface area contributed by atoms with Crippen molar-refractivity contribution in [3.05, 3.63) is 46.5 Å². The van der Waals surface area contributed by atoms with E-state index in [0.717, 1.165) is 21.0 Å². The Labute approximate surface area is 122 Å². The van der Waals surface area contributed by atoms with Crippen molar-refractivity contribution in [2.75, 3.05) is 5.73 Å². The van der Waals surface area contributed by atoms with Gasteiger partial charge >= 0.3 is 0 Å². The zero-order chi connectivity index (χ0) is 14.3. The van der Waals surface area contributed by atoms with Gasteiger partial charge in [-0.1, -0.05) is 6.07 Å². The van der Waals surface area contributed by atoms with Gasteiger partial charge in [-0.25, -0.2) is 4.98 Å². The summed E-state index contributed by atoms with van der Waals surface area (Å²) < 4.78 is 6.99. The van der Waals surface area contributed by atoms with Crippen LogP contribution in [0.15, 0.2) is 30.3 Å². The molecule has 20 heavy (non-hydrogen) atoms. The van der Waals surface area contributed by atoms with Gasteiger partial charge < -0.3 is 10.5 Å². The van der Waals surface area contributed by atoms with Crippen molar-refractivity contribution in [3.8, 4) is 11.5 Å². The third-order valence-corrected chi connectivity index (χ3v) is 4.27. The number of hydrogen-bond acceptors (Lipinski definition) is 4. The average molecular weight is 284 g/mol. The number of anilines is 1. The molecule has 0 radical (unpaired) electrons. The number of hydrogen-bond donors (Lipinski definition) is 1. The van der Waals surface area contributed by atoms with E-state index in [-0.39, 0.29) is 0 Å². The van der Waals surface area contributed by atoms with E-state index in [4.69, 9.17) is 10.5 Å². The highest BCUT2D eigenvalue weighted by atomic mass is 32.1. The summed E-state index contributed by atoms with van der Waals surface area (Å²) in [6.45, 7) is 6.14. The van der Waals surface area contributed by atoms with Gasteiger partial charge in [-0.05, 0) is 50.1 Å². The number of ether oxygens (including phenoxy) is 1. The van der Waals surface area contributed by atoms with Crippen molar-refractivity contribution in [1.82, 2.24) is 4.98 Å². The van der Waals surface area contributed by atoms with E-state index in [0.29, 0.717) is 11.4 Å². The van der Waals surface area contributed by atoms with Crippen molar-refractivity contribution in [1.29, 1.82) is 0 Å². The summed E-state index contributed by atoms with van der Waals surface area (Å²) in [4.78, 5) is 4.47. The summed E-state index contributed by atoms with van der Waals surface area (Å²) in [5, 5.41) is 1.03. The van der Waals surface area contributed by atoms with Crippen LogP contribution >= 0.6 is 11.3 Å². The fourth-order valence-corrected chi connectivity index (χ4v) is 2.94. The zero-order valence-electron chi connectivity index (χ0n) is 11.7. The van der Waals surface area contributed by atoms with Gasteiger partial charge in [0, 0.05) is 6.07 Å². The van der Waals surface area contributed by atoms with Crippen molar-refractivity contribution in [2.45, 2.75) is 20.8 Å². The van der Waals surface area contributed by atoms with E-state index in [1.54, 1.807) is 11.3 Å². The third-order valence-electron chi connectivity index (χ3n) is 3.33. The van der Waals surface area contributed by atoms with Gasteiger partial charge in [-0.2, -0.15) is 0 Å². The molecule has 102 valence electrons. The lowest BCUT2D eigenvalue weighted by Gasteiger charge is -2.10. The van der Waals surface area contributed by atoms with Crippen LogP contribution in [0.1, 0.15) is 16.1 Å². The molecule has 0 amide bonds. The topological polar surface area (TPSA) is 48.1 Å². The van der Waals surface area contributed by atoms with Gasteiger partial charge in [-0.15, -0.1) is 11.3 Å². The first kappa shape index (κ1) is 12.9. The maximum absolute atomic E-state index is 6.07. The Bertz CT molecular complexity index is 793. The lowest BCUT2D eigenvalue weighted by atomic mass is 10.1. The molecule has 0 saturated carbocycles. The van der Waals surface area contributed by atoms with E-state index >= 15 is 0 Å². The number of aryl methyl sites for hydroxylation is 3. The van der Waals surface area contributed by atoms with Gasteiger partial charge in [0.25, 0.3) is 0 Å². The van der Waals surface area contributed by atoms with Crippen LogP contribution in [-0.2, 0) is 0 Å². The second-order valence-electron chi connectivity index (χ2n) is 4.94. The molecule has 3 rings (SSSR count). The molecule has 3 nitrogen and oxygen atoms in total. The molecule has 1 aromatic heterocycles. The lowest BCUT2D eigenvalue weighted by Crippen LogP contribution is -1.93. The van der Waals surface area contributed by atoms with E-state index in [2.05, 4.69) is 18.8 Å². The summed E-state index contributed by atoms with van der Waals surface area (Å²) in [5.41, 5.74) is 10.1. The Morgan fingerprint density at radius 3 is 2.60 bits per heavy atom. The predicted octanol–water partition coefficient (Wildman–Crippen LogP) is 4.60. The minimum Gasteiger partial charge on any atom is -0.455 e. The van der Waals surface area contributed by atoms with Gasteiger partial charge in [0.05, 0.1) is 20.9 Å². The molecule has 1 heterocycles. The quantitative estimate of drug-likeness (QED) is 0.700. The first-order valence-electron chi connectivity index (χ1n) is 6.45. The monoisotopic (exact) mass is 284 g/mol. The molecule has 2 aromatic carbocycles. The van der Waals surface area contributed by atoms with E-state index < -0.39 is 0 Å². The summed E-state index contributed by atoms with van der Waals surface area (Å²) in [5.74, 6) is 1.46. The molecular formula is C16H16N2OS. The second kappa shape index (κ2) is 4.80. The zero-order valence-corrected chi connectivity index (χ0v) is 12.5. The first-order valence-corrected chi connectivity index (χ1v) is 7.26. The van der Waals surface area contributed by atoms with Crippen LogP contribution in [0.25, 0.3) is 10.2 Å². The van der Waals surface area contributed by atoms with Crippen LogP contribution in [0.2, 0.25) is 0 Å². The smallest absolute Gasteiger partial charge is 0.152 e. The van der Waals surface area contributed by atoms with Crippen molar-refractivity contribution in [3.63, 3.8) is 0 Å². The fraction of sp³-hybridized carbons (Fsp3) is 0.188. The molecule has 0 fully saturated rings. The van der Waals surface area contributed by atoms with Crippen molar-refractivity contribution < 1.29 is 4.74 Å². The van der Waals surface area contributed by atoms with Crippen molar-refractivity contribution >= 4 is 27.2 Å². The Morgan fingerprint density at radius 2 is 1.85 bits per heavy atom. The highest BCUT2D eigenvalue weighted by molar-refractivity contribution is 7.18. The largest absolute Gasteiger partial charge is 0.455 e. The minimum atomic E-state index is 0.638. The van der Waals surface area contributed by atoms with E-state index in [1.165, 1.54) is 11.1 Å². The summed E-state index contributed by atoms with van der Waals surface area (Å²) >= 11 is 1.64. The van der Waals surface area contributed by atoms with Gasteiger partial charge in [-0.3, -0.25) is 0 Å². The normalized spacial score (nSPS) is 10.9. The Morgan fingerprint density at radius 1 is 1.05 bits per heavy atom. The van der Waals surface area contributed by atoms with Gasteiger partial charge in [0.1, 0.15) is 5.75 Å². The van der Waals surface area contributed by atoms with Crippen molar-refractivity contribution in [2.24, 2.45) is 0 Å². The molecule has 2 N–H and O–H groups in total. The third kappa shape index (κ3) is 2.34. The van der Waals surface area contributed by atoms with Crippen LogP contribution < -0.4 is 10.5 Å². The van der Waals surface area contributed by atoms with Crippen LogP contribution in [0.3, 0.4) is 0 Å². The molecule has 4 heteroatoms. The minimum absolute atomic E-state index is 0.638. The second-order valence-corrected chi connectivity index (χ2v) is 6.17. The maximum Gasteiger partial charge on any atom is 0.152 e. The molecule has 0 aliphatic heterocycles. The number of nitrogen functional groups attached to an aromatic ring is 1. The number of rotatable bonds is 2. The average Bonchev–Trinajstić information content (AvgIpc) is 2.73. The molecular weight excluding hydrogens is 268 g/mol. The van der Waals surface area contributed by atoms with Crippen LogP contribution in [-0.4, -0.2) is 4.98 Å². The molecule has 0 aliphatic carbocycles. The number of nitrogens with zero attached hydrogens (tertiary/aromatic N) is 1. The Hall–Kier alpha value is -2.07. The summed E-state index contributed by atoms with van der Waals surface area (Å²) in [7, 11) is 0. The summed E-state index contributed by atoms with van der Waals surface area (Å²) in [6.07, 6.45) is 0. The number of benzene rings is 2. The molecule has 0 bridgehead atoms. The van der Waals surface area contributed by atoms with Crippen LogP contribution in [0.5, 0.6) is 11.5 Å². The van der Waals surface area contributed by atoms with Gasteiger partial charge in [0.15, 0.2) is 5.75 Å². The number of fused-ring (bicyclic) bond motifs is 1. The lowest BCUT2D eigenvalue weighted by molar-refractivity contribution is 0.485. The predicted molar refractivity (Wildman–Crippen MR) is 84.8 cm³/mol. The van der Waals surface area contributed by atoms with E-state index in [9.17, 15) is 0 Å². The summed E-state index contributed by atoms with van der Waals surface area (Å²) in [6, 6.07) is 9.86. The fourth-order valence-electron chi connectivity index (χ4n) is 2.08. The molecule has 0 aliphatic rings. The standard InChI is InChI=1S/C16H16N2OS/c1-9-4-5-12(6-10(9)2)19-15-8-14-16(7-13(15)17)20-11(3)18-14/h4-8H,17H2,1-3H3. The molecule has 0 unspecified atom stereocenters. The Balaban J connectivity index is 2.00. The highest BCUT2D eigenvalue weighted by Crippen LogP contribution is 2.34. The van der Waals surface area contributed by atoms with Crippen LogP contribution in [0, 0.1) is 20.8 Å². The highest BCUT2D eigenvalue weighted by Gasteiger charge is 2.08. The molecule has 0 atom stereocenters. The number of thiazole rings is 1. The Kier molecular flexibility index (Phi) is 3.10. The van der Waals surface area contributed by atoms with Gasteiger partial charge in [0.2, 0.25) is 0 Å². The SMILES string of the molecule is Cc1nc2cc(Oc3ccc(C)c(C)c3)c(N)cc2s1. The molecule has 0 saturated heterocycles. The molecule has 0 spiro atoms.